The van der Waals surface area contributed by atoms with E-state index < -0.39 is 10.0 Å². The molecule has 3 aromatic carbocycles. The van der Waals surface area contributed by atoms with Crippen molar-refractivity contribution in [2.75, 3.05) is 17.5 Å². The van der Waals surface area contributed by atoms with Crippen LogP contribution in [0.25, 0.3) is 0 Å². The molecule has 8 heteroatoms. The molecule has 0 atom stereocenters. The van der Waals surface area contributed by atoms with Gasteiger partial charge < -0.3 is 10.1 Å². The molecule has 0 bridgehead atoms. The molecular weight excluding hydrogens is 472 g/mol. The minimum Gasteiger partial charge on any atom is -0.377 e. The number of amides is 1. The number of rotatable bonds is 11. The Kier molecular flexibility index (Phi) is 8.87. The zero-order valence-corrected chi connectivity index (χ0v) is 20.5. The van der Waals surface area contributed by atoms with E-state index in [2.05, 4.69) is 11.9 Å². The van der Waals surface area contributed by atoms with Crippen molar-refractivity contribution in [3.63, 3.8) is 0 Å². The molecule has 1 N–H and O–H groups in total. The van der Waals surface area contributed by atoms with Gasteiger partial charge in [0.2, 0.25) is 0 Å². The van der Waals surface area contributed by atoms with Gasteiger partial charge in [-0.15, -0.1) is 6.58 Å². The van der Waals surface area contributed by atoms with Crippen molar-refractivity contribution in [2.24, 2.45) is 0 Å². The van der Waals surface area contributed by atoms with Gasteiger partial charge in [0, 0.05) is 18.7 Å². The lowest BCUT2D eigenvalue weighted by Crippen LogP contribution is -2.31. The summed E-state index contributed by atoms with van der Waals surface area (Å²) in [5.74, 6) is -0.378. The van der Waals surface area contributed by atoms with Crippen LogP contribution in [0.2, 0.25) is 5.02 Å². The third kappa shape index (κ3) is 6.05. The molecular formula is C26H27ClN2O4S. The van der Waals surface area contributed by atoms with Gasteiger partial charge in [0.25, 0.3) is 15.9 Å². The van der Waals surface area contributed by atoms with Crippen LogP contribution in [-0.4, -0.2) is 27.5 Å². The van der Waals surface area contributed by atoms with Gasteiger partial charge >= 0.3 is 0 Å². The number of hydrogen-bond donors (Lipinski definition) is 1. The van der Waals surface area contributed by atoms with Gasteiger partial charge in [-0.2, -0.15) is 0 Å². The zero-order chi connectivity index (χ0) is 24.6. The van der Waals surface area contributed by atoms with E-state index in [0.717, 1.165) is 11.1 Å². The first-order valence-corrected chi connectivity index (χ1v) is 12.6. The third-order valence-corrected chi connectivity index (χ3v) is 7.22. The highest BCUT2D eigenvalue weighted by Crippen LogP contribution is 2.30. The molecule has 0 radical (unpaired) electrons. The average molecular weight is 499 g/mol. The summed E-state index contributed by atoms with van der Waals surface area (Å²) in [7, 11) is -4.00. The number of para-hydroxylation sites is 1. The molecule has 0 fully saturated rings. The number of halogens is 1. The average Bonchev–Trinajstić information content (AvgIpc) is 2.85. The first-order chi connectivity index (χ1) is 16.4. The van der Waals surface area contributed by atoms with Crippen molar-refractivity contribution in [1.82, 2.24) is 5.32 Å². The van der Waals surface area contributed by atoms with Crippen molar-refractivity contribution in [3.05, 3.63) is 107 Å². The zero-order valence-electron chi connectivity index (χ0n) is 18.9. The van der Waals surface area contributed by atoms with E-state index in [1.807, 2.05) is 31.2 Å². The van der Waals surface area contributed by atoms with Crippen LogP contribution in [0.1, 0.15) is 28.4 Å². The highest BCUT2D eigenvalue weighted by atomic mass is 35.5. The van der Waals surface area contributed by atoms with Gasteiger partial charge in [-0.25, -0.2) is 8.42 Å². The fourth-order valence-corrected chi connectivity index (χ4v) is 5.17. The normalized spacial score (nSPS) is 11.1. The summed E-state index contributed by atoms with van der Waals surface area (Å²) in [6, 6.07) is 20.3. The highest BCUT2D eigenvalue weighted by molar-refractivity contribution is 7.92. The van der Waals surface area contributed by atoms with Crippen LogP contribution in [0, 0.1) is 0 Å². The topological polar surface area (TPSA) is 75.7 Å². The van der Waals surface area contributed by atoms with Crippen molar-refractivity contribution in [2.45, 2.75) is 25.0 Å². The molecule has 0 saturated carbocycles. The molecule has 3 aromatic rings. The quantitative estimate of drug-likeness (QED) is 0.369. The number of sulfonamides is 1. The Morgan fingerprint density at radius 2 is 1.76 bits per heavy atom. The summed E-state index contributed by atoms with van der Waals surface area (Å²) in [4.78, 5) is 12.8. The number of nitrogens with one attached hydrogen (secondary N) is 1. The largest absolute Gasteiger partial charge is 0.377 e. The molecule has 0 heterocycles. The van der Waals surface area contributed by atoms with Crippen LogP contribution >= 0.6 is 11.6 Å². The summed E-state index contributed by atoms with van der Waals surface area (Å²) in [6.45, 7) is 6.96. The van der Waals surface area contributed by atoms with Gasteiger partial charge in [-0.05, 0) is 48.4 Å². The fraction of sp³-hybridized carbons (Fsp3) is 0.192. The van der Waals surface area contributed by atoms with E-state index in [0.29, 0.717) is 30.5 Å². The van der Waals surface area contributed by atoms with E-state index in [9.17, 15) is 13.2 Å². The molecule has 0 aromatic heterocycles. The molecule has 0 spiro atoms. The molecule has 0 aliphatic heterocycles. The smallest absolute Gasteiger partial charge is 0.264 e. The summed E-state index contributed by atoms with van der Waals surface area (Å²) in [5, 5.41) is 3.16. The standard InChI is InChI=1S/C26H27ClN2O4S/c1-3-16-29(25-15-8-7-14-24(25)27)34(31,32)23-13-9-12-20(17-23)26(30)28-18-21-10-5-6-11-22(21)19-33-4-2/h3,5-15,17H,1,4,16,18-19H2,2H3,(H,28,30). The van der Waals surface area contributed by atoms with E-state index in [-0.39, 0.29) is 22.9 Å². The molecule has 0 aliphatic rings. The molecule has 3 rings (SSSR count). The molecule has 0 unspecified atom stereocenters. The summed E-state index contributed by atoms with van der Waals surface area (Å²) >= 11 is 6.26. The van der Waals surface area contributed by atoms with E-state index >= 15 is 0 Å². The Bertz CT molecular complexity index is 1260. The van der Waals surface area contributed by atoms with E-state index in [1.54, 1.807) is 36.4 Å². The van der Waals surface area contributed by atoms with E-state index in [1.165, 1.54) is 22.5 Å². The van der Waals surface area contributed by atoms with Crippen LogP contribution in [0.5, 0.6) is 0 Å². The third-order valence-electron chi connectivity index (χ3n) is 5.12. The summed E-state index contributed by atoms with van der Waals surface area (Å²) in [5.41, 5.74) is 2.50. The van der Waals surface area contributed by atoms with Crippen LogP contribution < -0.4 is 9.62 Å². The lowest BCUT2D eigenvalue weighted by Gasteiger charge is -2.24. The number of ether oxygens (including phenoxy) is 1. The van der Waals surface area contributed by atoms with Gasteiger partial charge in [0.15, 0.2) is 0 Å². The second-order valence-corrected chi connectivity index (χ2v) is 9.66. The summed E-state index contributed by atoms with van der Waals surface area (Å²) < 4.78 is 33.6. The maximum Gasteiger partial charge on any atom is 0.264 e. The van der Waals surface area contributed by atoms with Crippen LogP contribution in [-0.2, 0) is 27.9 Å². The van der Waals surface area contributed by atoms with Crippen molar-refractivity contribution in [1.29, 1.82) is 0 Å². The van der Waals surface area contributed by atoms with Gasteiger partial charge in [0.05, 0.1) is 28.8 Å². The summed E-state index contributed by atoms with van der Waals surface area (Å²) in [6.07, 6.45) is 1.48. The van der Waals surface area contributed by atoms with Gasteiger partial charge in [-0.1, -0.05) is 60.1 Å². The Hall–Kier alpha value is -3.13. The lowest BCUT2D eigenvalue weighted by molar-refractivity contribution is 0.0949. The Labute approximate surface area is 205 Å². The minimum atomic E-state index is -4.00. The van der Waals surface area contributed by atoms with Crippen molar-refractivity contribution in [3.8, 4) is 0 Å². The maximum absolute atomic E-state index is 13.4. The Balaban J connectivity index is 1.83. The number of benzene rings is 3. The van der Waals surface area contributed by atoms with Crippen LogP contribution in [0.4, 0.5) is 5.69 Å². The lowest BCUT2D eigenvalue weighted by atomic mass is 10.1. The van der Waals surface area contributed by atoms with Crippen LogP contribution in [0.3, 0.4) is 0 Å². The second-order valence-electron chi connectivity index (χ2n) is 7.39. The van der Waals surface area contributed by atoms with Crippen LogP contribution in [0.15, 0.2) is 90.3 Å². The number of anilines is 1. The first-order valence-electron chi connectivity index (χ1n) is 10.8. The number of nitrogens with zero attached hydrogens (tertiary/aromatic N) is 1. The highest BCUT2D eigenvalue weighted by Gasteiger charge is 2.26. The molecule has 34 heavy (non-hydrogen) atoms. The number of hydrogen-bond acceptors (Lipinski definition) is 4. The monoisotopic (exact) mass is 498 g/mol. The van der Waals surface area contributed by atoms with Crippen molar-refractivity contribution < 1.29 is 17.9 Å². The Morgan fingerprint density at radius 1 is 1.06 bits per heavy atom. The minimum absolute atomic E-state index is 0.0151. The van der Waals surface area contributed by atoms with Gasteiger partial charge in [0.1, 0.15) is 0 Å². The molecule has 0 saturated heterocycles. The first kappa shape index (κ1) is 25.5. The SMILES string of the molecule is C=CCN(c1ccccc1Cl)S(=O)(=O)c1cccc(C(=O)NCc2ccccc2COCC)c1. The fourth-order valence-electron chi connectivity index (χ4n) is 3.38. The molecule has 0 aliphatic carbocycles. The molecule has 178 valence electrons. The van der Waals surface area contributed by atoms with Crippen molar-refractivity contribution >= 4 is 33.2 Å². The molecule has 1 amide bonds. The second kappa shape index (κ2) is 11.8. The number of carbonyl (C=O) groups is 1. The predicted molar refractivity (Wildman–Crippen MR) is 136 cm³/mol. The predicted octanol–water partition coefficient (Wildman–Crippen LogP) is 5.19. The number of carbonyl (C=O) groups excluding carboxylic acids is 1. The Morgan fingerprint density at radius 3 is 2.47 bits per heavy atom. The maximum atomic E-state index is 13.4. The molecule has 6 nitrogen and oxygen atoms in total. The van der Waals surface area contributed by atoms with Gasteiger partial charge in [-0.3, -0.25) is 9.10 Å². The van der Waals surface area contributed by atoms with E-state index in [4.69, 9.17) is 16.3 Å².